The molecular weight excluding hydrogens is 328 g/mol. The van der Waals surface area contributed by atoms with E-state index < -0.39 is 5.97 Å². The molecule has 0 aliphatic carbocycles. The fraction of sp³-hybridized carbons (Fsp3) is 0.412. The number of piperidine rings is 1. The molecule has 24 heavy (non-hydrogen) atoms. The number of ether oxygens (including phenoxy) is 1. The maximum Gasteiger partial charge on any atom is 0.306 e. The van der Waals surface area contributed by atoms with Crippen molar-refractivity contribution < 1.29 is 14.6 Å². The summed E-state index contributed by atoms with van der Waals surface area (Å²) in [6.45, 7) is 2.13. The molecule has 1 fully saturated rings. The van der Waals surface area contributed by atoms with Gasteiger partial charge >= 0.3 is 10.8 Å². The van der Waals surface area contributed by atoms with Gasteiger partial charge in [-0.25, -0.2) is 0 Å². The number of rotatable bonds is 5. The third kappa shape index (κ3) is 3.68. The van der Waals surface area contributed by atoms with E-state index in [1.807, 2.05) is 24.3 Å². The number of nitrogens with one attached hydrogen (secondary N) is 1. The van der Waals surface area contributed by atoms with Gasteiger partial charge in [0.2, 0.25) is 0 Å². The lowest BCUT2D eigenvalue weighted by atomic mass is 9.97. The van der Waals surface area contributed by atoms with Gasteiger partial charge in [-0.05, 0) is 38.1 Å². The molecule has 6 nitrogen and oxygen atoms in total. The van der Waals surface area contributed by atoms with E-state index in [1.54, 1.807) is 7.11 Å². The summed E-state index contributed by atoms with van der Waals surface area (Å²) in [5, 5.41) is 9.09. The van der Waals surface area contributed by atoms with Crippen LogP contribution in [0.15, 0.2) is 29.1 Å². The lowest BCUT2D eigenvalue weighted by Crippen LogP contribution is -2.35. The van der Waals surface area contributed by atoms with Gasteiger partial charge in [-0.1, -0.05) is 23.5 Å². The van der Waals surface area contributed by atoms with E-state index in [4.69, 9.17) is 9.84 Å². The summed E-state index contributed by atoms with van der Waals surface area (Å²) in [5.41, 5.74) is 1.74. The van der Waals surface area contributed by atoms with Crippen LogP contribution in [0.4, 0.5) is 0 Å². The van der Waals surface area contributed by atoms with Crippen molar-refractivity contribution in [3.05, 3.63) is 38.8 Å². The highest BCUT2D eigenvalue weighted by atomic mass is 32.1. The molecule has 0 spiro atoms. The van der Waals surface area contributed by atoms with Crippen LogP contribution < -0.4 is 9.61 Å². The highest BCUT2D eigenvalue weighted by Crippen LogP contribution is 2.28. The van der Waals surface area contributed by atoms with Gasteiger partial charge < -0.3 is 14.8 Å². The lowest BCUT2D eigenvalue weighted by molar-refractivity contribution is -0.143. The lowest BCUT2D eigenvalue weighted by Gasteiger charge is -2.29. The van der Waals surface area contributed by atoms with E-state index in [9.17, 15) is 9.59 Å². The minimum Gasteiger partial charge on any atom is -0.497 e. The summed E-state index contributed by atoms with van der Waals surface area (Å²) in [7, 11) is 1.61. The topological polar surface area (TPSA) is 82.6 Å². The van der Waals surface area contributed by atoms with Crippen LogP contribution >= 0.6 is 11.3 Å². The summed E-state index contributed by atoms with van der Waals surface area (Å²) >= 11 is 1.21. The normalized spacial score (nSPS) is 16.2. The Hall–Kier alpha value is -2.12. The van der Waals surface area contributed by atoms with Gasteiger partial charge in [0.05, 0.1) is 18.7 Å². The number of hydrogen-bond acceptors (Lipinski definition) is 5. The zero-order valence-electron chi connectivity index (χ0n) is 13.4. The molecule has 1 aliphatic heterocycles. The molecule has 2 heterocycles. The summed E-state index contributed by atoms with van der Waals surface area (Å²) in [6.07, 6.45) is 1.31. The molecule has 0 amide bonds. The second kappa shape index (κ2) is 7.19. The number of methoxy groups -OCH3 is 1. The Labute approximate surface area is 143 Å². The molecule has 1 saturated heterocycles. The standard InChI is InChI=1S/C17H20N2O4S/c1-23-13-4-2-3-12(9-13)15-14(24-17(22)18-15)10-19-7-5-11(6-8-19)16(20)21/h2-4,9,11H,5-8,10H2,1H3,(H,18,22)(H,20,21). The summed E-state index contributed by atoms with van der Waals surface area (Å²) < 4.78 is 5.25. The molecule has 0 saturated carbocycles. The highest BCUT2D eigenvalue weighted by Gasteiger charge is 2.25. The van der Waals surface area contributed by atoms with Gasteiger partial charge in [0.15, 0.2) is 0 Å². The molecule has 0 unspecified atom stereocenters. The van der Waals surface area contributed by atoms with Crippen LogP contribution in [0.3, 0.4) is 0 Å². The maximum atomic E-state index is 11.9. The number of carboxylic acid groups (broad SMARTS) is 1. The molecule has 2 aromatic rings. The van der Waals surface area contributed by atoms with E-state index in [0.717, 1.165) is 35.0 Å². The third-order valence-corrected chi connectivity index (χ3v) is 5.25. The quantitative estimate of drug-likeness (QED) is 0.867. The van der Waals surface area contributed by atoms with Crippen LogP contribution in [0.5, 0.6) is 5.75 Å². The molecule has 2 N–H and O–H groups in total. The largest absolute Gasteiger partial charge is 0.497 e. The number of nitrogens with zero attached hydrogens (tertiary/aromatic N) is 1. The maximum absolute atomic E-state index is 11.9. The van der Waals surface area contributed by atoms with Crippen LogP contribution in [-0.4, -0.2) is 41.2 Å². The number of aromatic amines is 1. The second-order valence-corrected chi connectivity index (χ2v) is 7.00. The predicted octanol–water partition coefficient (Wildman–Crippen LogP) is 2.41. The fourth-order valence-corrected chi connectivity index (χ4v) is 3.92. The minimum atomic E-state index is -0.710. The molecule has 1 aromatic heterocycles. The van der Waals surface area contributed by atoms with Crippen molar-refractivity contribution >= 4 is 17.3 Å². The van der Waals surface area contributed by atoms with Gasteiger partial charge in [0.25, 0.3) is 0 Å². The predicted molar refractivity (Wildman–Crippen MR) is 92.6 cm³/mol. The second-order valence-electron chi connectivity index (χ2n) is 5.93. The van der Waals surface area contributed by atoms with Crippen molar-refractivity contribution in [1.82, 2.24) is 9.88 Å². The SMILES string of the molecule is COc1cccc(-c2[nH]c(=O)sc2CN2CCC(C(=O)O)CC2)c1. The first kappa shape index (κ1) is 16.7. The van der Waals surface area contributed by atoms with E-state index in [2.05, 4.69) is 9.88 Å². The number of benzene rings is 1. The molecule has 128 valence electrons. The molecule has 1 aliphatic rings. The average Bonchev–Trinajstić information content (AvgIpc) is 2.96. The monoisotopic (exact) mass is 348 g/mol. The van der Waals surface area contributed by atoms with Crippen molar-refractivity contribution in [3.63, 3.8) is 0 Å². The number of carbonyl (C=O) groups is 1. The smallest absolute Gasteiger partial charge is 0.306 e. The molecule has 1 aromatic carbocycles. The molecule has 0 bridgehead atoms. The average molecular weight is 348 g/mol. The Balaban J connectivity index is 1.77. The molecular formula is C17H20N2O4S. The zero-order valence-corrected chi connectivity index (χ0v) is 14.3. The van der Waals surface area contributed by atoms with E-state index in [-0.39, 0.29) is 10.8 Å². The van der Waals surface area contributed by atoms with Gasteiger partial charge in [0, 0.05) is 17.0 Å². The summed E-state index contributed by atoms with van der Waals surface area (Å²) in [5.74, 6) is -0.213. The van der Waals surface area contributed by atoms with Crippen molar-refractivity contribution in [2.24, 2.45) is 5.92 Å². The molecule has 7 heteroatoms. The number of H-pyrrole nitrogens is 1. The van der Waals surface area contributed by atoms with E-state index >= 15 is 0 Å². The molecule has 0 radical (unpaired) electrons. The van der Waals surface area contributed by atoms with Gasteiger partial charge in [-0.3, -0.25) is 14.5 Å². The van der Waals surface area contributed by atoms with E-state index in [1.165, 1.54) is 11.3 Å². The number of carboxylic acids is 1. The van der Waals surface area contributed by atoms with Crippen molar-refractivity contribution in [2.45, 2.75) is 19.4 Å². The number of hydrogen-bond donors (Lipinski definition) is 2. The van der Waals surface area contributed by atoms with Crippen molar-refractivity contribution in [2.75, 3.05) is 20.2 Å². The molecule has 0 atom stereocenters. The third-order valence-electron chi connectivity index (χ3n) is 4.38. The van der Waals surface area contributed by atoms with Crippen molar-refractivity contribution in [1.29, 1.82) is 0 Å². The Kier molecular flexibility index (Phi) is 5.01. The first-order valence-electron chi connectivity index (χ1n) is 7.88. The number of aliphatic carboxylic acids is 1. The van der Waals surface area contributed by atoms with Gasteiger partial charge in [-0.15, -0.1) is 0 Å². The Morgan fingerprint density at radius 3 is 2.83 bits per heavy atom. The highest BCUT2D eigenvalue weighted by molar-refractivity contribution is 7.09. The Morgan fingerprint density at radius 1 is 1.42 bits per heavy atom. The van der Waals surface area contributed by atoms with Gasteiger partial charge in [-0.2, -0.15) is 0 Å². The van der Waals surface area contributed by atoms with E-state index in [0.29, 0.717) is 19.4 Å². The van der Waals surface area contributed by atoms with Crippen molar-refractivity contribution in [3.8, 4) is 17.0 Å². The zero-order chi connectivity index (χ0) is 17.1. The summed E-state index contributed by atoms with van der Waals surface area (Å²) in [4.78, 5) is 28.9. The number of aromatic nitrogens is 1. The van der Waals surface area contributed by atoms with Gasteiger partial charge in [0.1, 0.15) is 5.75 Å². The number of thiazole rings is 1. The fourth-order valence-electron chi connectivity index (χ4n) is 3.02. The summed E-state index contributed by atoms with van der Waals surface area (Å²) in [6, 6.07) is 7.61. The first-order chi connectivity index (χ1) is 11.6. The molecule has 3 rings (SSSR count). The van der Waals surface area contributed by atoms with Crippen LogP contribution in [0, 0.1) is 5.92 Å². The Bertz CT molecular complexity index is 775. The van der Waals surface area contributed by atoms with Crippen LogP contribution in [0.2, 0.25) is 0 Å². The Morgan fingerprint density at radius 2 is 2.17 bits per heavy atom. The number of likely N-dealkylation sites (tertiary alicyclic amines) is 1. The van der Waals surface area contributed by atoms with Crippen LogP contribution in [0.1, 0.15) is 17.7 Å². The van der Waals surface area contributed by atoms with Crippen LogP contribution in [-0.2, 0) is 11.3 Å². The first-order valence-corrected chi connectivity index (χ1v) is 8.70. The van der Waals surface area contributed by atoms with Crippen LogP contribution in [0.25, 0.3) is 11.3 Å². The minimum absolute atomic E-state index is 0.0803.